The highest BCUT2D eigenvalue weighted by molar-refractivity contribution is 7.88. The van der Waals surface area contributed by atoms with Gasteiger partial charge >= 0.3 is 0 Å². The summed E-state index contributed by atoms with van der Waals surface area (Å²) in [6.45, 7) is 1.21. The van der Waals surface area contributed by atoms with Gasteiger partial charge in [0.25, 0.3) is 11.8 Å². The summed E-state index contributed by atoms with van der Waals surface area (Å²) in [6, 6.07) is 5.07. The standard InChI is InChI=1S/C20H27ClN6O4S.H2/c1-26(2)12-13-5-4-6-15(21)17(13)19(28)24-16-11-22-25-18(16)20(29)23-14-7-9-27(10-8-14)32(3,30)31;/h4-6,11,14H,7-10,12H2,1-3H3,(H,22,25)(H,23,29)(H,24,28);1H. The van der Waals surface area contributed by atoms with Crippen LogP contribution in [-0.2, 0) is 16.6 Å². The van der Waals surface area contributed by atoms with E-state index in [1.54, 1.807) is 12.1 Å². The summed E-state index contributed by atoms with van der Waals surface area (Å²) >= 11 is 6.29. The number of carbonyl (C=O) groups excluding carboxylic acids is 2. The summed E-state index contributed by atoms with van der Waals surface area (Å²) in [7, 11) is 0.542. The normalized spacial score (nSPS) is 15.7. The molecule has 0 spiro atoms. The average molecular weight is 485 g/mol. The van der Waals surface area contributed by atoms with E-state index < -0.39 is 21.8 Å². The zero-order chi connectivity index (χ0) is 23.5. The SMILES string of the molecule is CN(C)Cc1cccc(Cl)c1C(=O)Nc1cn[nH]c1C(=O)NC1CCN(S(C)(=O)=O)CC1.[HH]. The first-order valence-corrected chi connectivity index (χ1v) is 12.3. The molecule has 1 aliphatic rings. The number of aromatic amines is 1. The number of amides is 2. The van der Waals surface area contributed by atoms with Gasteiger partial charge in [0.15, 0.2) is 0 Å². The summed E-state index contributed by atoms with van der Waals surface area (Å²) in [4.78, 5) is 27.7. The van der Waals surface area contributed by atoms with Crippen LogP contribution < -0.4 is 10.6 Å². The molecule has 1 saturated heterocycles. The number of piperidine rings is 1. The number of nitrogens with zero attached hydrogens (tertiary/aromatic N) is 3. The average Bonchev–Trinajstić information content (AvgIpc) is 3.15. The molecule has 0 aliphatic carbocycles. The van der Waals surface area contributed by atoms with Crippen LogP contribution in [0.3, 0.4) is 0 Å². The molecular formula is C20H29ClN6O4S. The van der Waals surface area contributed by atoms with Crippen molar-refractivity contribution in [1.82, 2.24) is 24.7 Å². The first kappa shape index (κ1) is 24.2. The van der Waals surface area contributed by atoms with Crippen LogP contribution in [0.5, 0.6) is 0 Å². The molecule has 0 atom stereocenters. The highest BCUT2D eigenvalue weighted by Crippen LogP contribution is 2.23. The predicted molar refractivity (Wildman–Crippen MR) is 124 cm³/mol. The van der Waals surface area contributed by atoms with E-state index in [4.69, 9.17) is 11.6 Å². The van der Waals surface area contributed by atoms with Crippen molar-refractivity contribution >= 4 is 39.1 Å². The van der Waals surface area contributed by atoms with Crippen LogP contribution in [0.1, 0.15) is 40.7 Å². The zero-order valence-corrected chi connectivity index (χ0v) is 19.8. The number of halogens is 1. The lowest BCUT2D eigenvalue weighted by Crippen LogP contribution is -2.46. The van der Waals surface area contributed by atoms with Crippen molar-refractivity contribution in [1.29, 1.82) is 0 Å². The second kappa shape index (κ2) is 9.99. The minimum Gasteiger partial charge on any atom is -0.348 e. The van der Waals surface area contributed by atoms with E-state index in [9.17, 15) is 18.0 Å². The number of nitrogens with one attached hydrogen (secondary N) is 3. The highest BCUT2D eigenvalue weighted by Gasteiger charge is 2.27. The van der Waals surface area contributed by atoms with Crippen LogP contribution in [0, 0.1) is 0 Å². The molecule has 32 heavy (non-hydrogen) atoms. The van der Waals surface area contributed by atoms with Crippen LogP contribution in [0.15, 0.2) is 24.4 Å². The molecule has 1 aliphatic heterocycles. The Hall–Kier alpha value is -2.47. The number of aromatic nitrogens is 2. The first-order valence-electron chi connectivity index (χ1n) is 10.1. The Bertz CT molecular complexity index is 1100. The number of sulfonamides is 1. The monoisotopic (exact) mass is 484 g/mol. The van der Waals surface area contributed by atoms with Gasteiger partial charge in [-0.3, -0.25) is 14.7 Å². The van der Waals surface area contributed by atoms with Gasteiger partial charge in [-0.25, -0.2) is 12.7 Å². The number of hydrogen-bond donors (Lipinski definition) is 3. The highest BCUT2D eigenvalue weighted by atomic mass is 35.5. The first-order chi connectivity index (χ1) is 15.1. The van der Waals surface area contributed by atoms with E-state index in [0.717, 1.165) is 5.56 Å². The fourth-order valence-electron chi connectivity index (χ4n) is 3.62. The van der Waals surface area contributed by atoms with Crippen molar-refractivity contribution in [2.45, 2.75) is 25.4 Å². The summed E-state index contributed by atoms with van der Waals surface area (Å²) < 4.78 is 24.7. The summed E-state index contributed by atoms with van der Waals surface area (Å²) in [6.07, 6.45) is 3.54. The van der Waals surface area contributed by atoms with Crippen molar-refractivity contribution in [3.05, 3.63) is 46.2 Å². The molecule has 3 rings (SSSR count). The van der Waals surface area contributed by atoms with Gasteiger partial charge in [-0.05, 0) is 38.6 Å². The van der Waals surface area contributed by atoms with E-state index in [2.05, 4.69) is 20.8 Å². The van der Waals surface area contributed by atoms with Crippen LogP contribution in [-0.4, -0.2) is 79.1 Å². The Kier molecular flexibility index (Phi) is 7.55. The fraction of sp³-hybridized carbons (Fsp3) is 0.450. The number of hydrogen-bond acceptors (Lipinski definition) is 6. The molecule has 10 nitrogen and oxygen atoms in total. The van der Waals surface area contributed by atoms with E-state index in [1.165, 1.54) is 16.8 Å². The van der Waals surface area contributed by atoms with Crippen LogP contribution in [0.4, 0.5) is 5.69 Å². The van der Waals surface area contributed by atoms with Crippen LogP contribution >= 0.6 is 11.6 Å². The second-order valence-electron chi connectivity index (χ2n) is 8.03. The molecule has 2 heterocycles. The zero-order valence-electron chi connectivity index (χ0n) is 18.2. The topological polar surface area (TPSA) is 128 Å². The lowest BCUT2D eigenvalue weighted by Gasteiger charge is -2.30. The maximum atomic E-state index is 13.0. The maximum absolute atomic E-state index is 13.0. The molecular weight excluding hydrogens is 456 g/mol. The van der Waals surface area contributed by atoms with Crippen LogP contribution in [0.2, 0.25) is 5.02 Å². The Morgan fingerprint density at radius 1 is 1.28 bits per heavy atom. The smallest absolute Gasteiger partial charge is 0.271 e. The van der Waals surface area contributed by atoms with E-state index in [0.29, 0.717) is 43.1 Å². The molecule has 1 aromatic heterocycles. The number of rotatable bonds is 7. The van der Waals surface area contributed by atoms with Crippen molar-refractivity contribution < 1.29 is 19.4 Å². The number of carbonyl (C=O) groups is 2. The molecule has 1 fully saturated rings. The quantitative estimate of drug-likeness (QED) is 0.549. The minimum atomic E-state index is -3.24. The number of H-pyrrole nitrogens is 1. The summed E-state index contributed by atoms with van der Waals surface area (Å²) in [5.41, 5.74) is 1.44. The van der Waals surface area contributed by atoms with Gasteiger partial charge in [0, 0.05) is 27.1 Å². The fourth-order valence-corrected chi connectivity index (χ4v) is 4.78. The van der Waals surface area contributed by atoms with Crippen molar-refractivity contribution in [3.63, 3.8) is 0 Å². The van der Waals surface area contributed by atoms with E-state index in [1.807, 2.05) is 25.1 Å². The van der Waals surface area contributed by atoms with Crippen LogP contribution in [0.25, 0.3) is 0 Å². The van der Waals surface area contributed by atoms with Gasteiger partial charge in [-0.1, -0.05) is 23.7 Å². The van der Waals surface area contributed by atoms with Gasteiger partial charge in [-0.2, -0.15) is 5.10 Å². The van der Waals surface area contributed by atoms with Gasteiger partial charge in [0.1, 0.15) is 5.69 Å². The Morgan fingerprint density at radius 2 is 1.97 bits per heavy atom. The van der Waals surface area contributed by atoms with Gasteiger partial charge in [-0.15, -0.1) is 0 Å². The van der Waals surface area contributed by atoms with Gasteiger partial charge in [0.05, 0.1) is 28.7 Å². The van der Waals surface area contributed by atoms with Crippen molar-refractivity contribution in [2.24, 2.45) is 0 Å². The third-order valence-electron chi connectivity index (χ3n) is 5.19. The second-order valence-corrected chi connectivity index (χ2v) is 10.4. The van der Waals surface area contributed by atoms with E-state index >= 15 is 0 Å². The molecule has 176 valence electrons. The van der Waals surface area contributed by atoms with Gasteiger partial charge < -0.3 is 15.5 Å². The summed E-state index contributed by atoms with van der Waals surface area (Å²) in [5, 5.41) is 12.4. The lowest BCUT2D eigenvalue weighted by molar-refractivity contribution is 0.0919. The lowest BCUT2D eigenvalue weighted by atomic mass is 10.1. The third kappa shape index (κ3) is 5.85. The number of benzene rings is 1. The Labute approximate surface area is 193 Å². The molecule has 0 unspecified atom stereocenters. The van der Waals surface area contributed by atoms with E-state index in [-0.39, 0.29) is 18.8 Å². The molecule has 0 bridgehead atoms. The molecule has 0 radical (unpaired) electrons. The minimum absolute atomic E-state index is 0. The maximum Gasteiger partial charge on any atom is 0.271 e. The third-order valence-corrected chi connectivity index (χ3v) is 6.80. The molecule has 2 amide bonds. The summed E-state index contributed by atoms with van der Waals surface area (Å²) in [5.74, 6) is -0.868. The molecule has 1 aromatic carbocycles. The largest absolute Gasteiger partial charge is 0.348 e. The van der Waals surface area contributed by atoms with Crippen molar-refractivity contribution in [2.75, 3.05) is 38.8 Å². The molecule has 12 heteroatoms. The number of anilines is 1. The molecule has 3 N–H and O–H groups in total. The Balaban J connectivity index is 0.00000385. The van der Waals surface area contributed by atoms with Crippen molar-refractivity contribution in [3.8, 4) is 0 Å². The molecule has 0 saturated carbocycles. The Morgan fingerprint density at radius 3 is 2.59 bits per heavy atom. The van der Waals surface area contributed by atoms with Gasteiger partial charge in [0.2, 0.25) is 10.0 Å². The molecule has 2 aromatic rings. The predicted octanol–water partition coefficient (Wildman–Crippen LogP) is 1.78.